The lowest BCUT2D eigenvalue weighted by Crippen LogP contribution is -2.08. The fourth-order valence-electron chi connectivity index (χ4n) is 0.999. The van der Waals surface area contributed by atoms with Crippen molar-refractivity contribution in [3.05, 3.63) is 28.0 Å². The van der Waals surface area contributed by atoms with E-state index < -0.39 is 29.2 Å². The number of aromatic carboxylic acids is 1. The van der Waals surface area contributed by atoms with Gasteiger partial charge < -0.3 is 5.11 Å². The Morgan fingerprint density at radius 3 is 2.67 bits per heavy atom. The Hall–Kier alpha value is -1.74. The highest BCUT2D eigenvalue weighted by molar-refractivity contribution is 6.31. The maximum atomic E-state index is 12.5. The van der Waals surface area contributed by atoms with E-state index in [2.05, 4.69) is 4.98 Å². The molecule has 0 fully saturated rings. The van der Waals surface area contributed by atoms with Crippen molar-refractivity contribution < 1.29 is 18.7 Å². The summed E-state index contributed by atoms with van der Waals surface area (Å²) in [4.78, 5) is 13.8. The topological polar surface area (TPSA) is 74.0 Å². The van der Waals surface area contributed by atoms with Crippen molar-refractivity contribution in [3.8, 4) is 6.07 Å². The first kappa shape index (κ1) is 11.3. The molecule has 1 N–H and O–H groups in total. The Morgan fingerprint density at radius 1 is 1.67 bits per heavy atom. The third-order valence-electron chi connectivity index (χ3n) is 1.60. The second-order valence-electron chi connectivity index (χ2n) is 2.46. The van der Waals surface area contributed by atoms with Crippen molar-refractivity contribution in [1.82, 2.24) is 4.98 Å². The number of pyridine rings is 1. The highest BCUT2D eigenvalue weighted by atomic mass is 35.5. The van der Waals surface area contributed by atoms with Crippen LogP contribution in [0.15, 0.2) is 6.20 Å². The number of carbonyl (C=O) groups is 1. The number of nitrogens with zero attached hydrogens (tertiary/aromatic N) is 2. The number of carboxylic acid groups (broad SMARTS) is 1. The molecule has 4 nitrogen and oxygen atoms in total. The number of hydrogen-bond donors (Lipinski definition) is 1. The summed E-state index contributed by atoms with van der Waals surface area (Å²) in [7, 11) is 0. The van der Waals surface area contributed by atoms with E-state index in [1.54, 1.807) is 0 Å². The Morgan fingerprint density at radius 2 is 2.27 bits per heavy atom. The predicted molar refractivity (Wildman–Crippen MR) is 45.9 cm³/mol. The number of aromatic nitrogens is 1. The van der Waals surface area contributed by atoms with Gasteiger partial charge in [-0.3, -0.25) is 0 Å². The van der Waals surface area contributed by atoms with Crippen LogP contribution in [0, 0.1) is 11.3 Å². The largest absolute Gasteiger partial charge is 0.476 e. The first-order valence-corrected chi connectivity index (χ1v) is 3.96. The number of halogens is 3. The standard InChI is InChI=1S/C8H3ClF2N2O2/c9-4-2-13-6(8(14)15)5(7(10)11)3(4)1-12/h2,7H,(H,14,15). The molecule has 1 rings (SSSR count). The van der Waals surface area contributed by atoms with Gasteiger partial charge in [0.2, 0.25) is 0 Å². The predicted octanol–water partition coefficient (Wildman–Crippen LogP) is 2.24. The van der Waals surface area contributed by atoms with E-state index in [0.29, 0.717) is 0 Å². The Labute approximate surface area is 87.7 Å². The van der Waals surface area contributed by atoms with Gasteiger partial charge in [0.05, 0.1) is 16.1 Å². The lowest BCUT2D eigenvalue weighted by molar-refractivity contribution is 0.0677. The van der Waals surface area contributed by atoms with E-state index in [4.69, 9.17) is 22.0 Å². The van der Waals surface area contributed by atoms with Crippen molar-refractivity contribution in [2.75, 3.05) is 0 Å². The van der Waals surface area contributed by atoms with Gasteiger partial charge in [-0.05, 0) is 0 Å². The quantitative estimate of drug-likeness (QED) is 0.849. The zero-order valence-electron chi connectivity index (χ0n) is 7.04. The van der Waals surface area contributed by atoms with Gasteiger partial charge in [-0.1, -0.05) is 11.6 Å². The number of hydrogen-bond acceptors (Lipinski definition) is 3. The summed E-state index contributed by atoms with van der Waals surface area (Å²) in [5, 5.41) is 16.8. The van der Waals surface area contributed by atoms with Crippen molar-refractivity contribution in [2.45, 2.75) is 6.43 Å². The Kier molecular flexibility index (Phi) is 3.17. The van der Waals surface area contributed by atoms with E-state index in [-0.39, 0.29) is 5.02 Å². The average Bonchev–Trinajstić information content (AvgIpc) is 2.16. The third kappa shape index (κ3) is 2.02. The van der Waals surface area contributed by atoms with Crippen LogP contribution in [0.25, 0.3) is 0 Å². The van der Waals surface area contributed by atoms with E-state index in [9.17, 15) is 13.6 Å². The highest BCUT2D eigenvalue weighted by Gasteiger charge is 2.25. The van der Waals surface area contributed by atoms with Crippen LogP contribution in [0.4, 0.5) is 8.78 Å². The second-order valence-corrected chi connectivity index (χ2v) is 2.87. The first-order valence-electron chi connectivity index (χ1n) is 3.59. The number of rotatable bonds is 2. The molecule has 0 aliphatic carbocycles. The van der Waals surface area contributed by atoms with E-state index >= 15 is 0 Å². The SMILES string of the molecule is N#Cc1c(Cl)cnc(C(=O)O)c1C(F)F. The molecule has 1 aromatic rings. The molecule has 0 saturated carbocycles. The van der Waals surface area contributed by atoms with E-state index in [1.807, 2.05) is 0 Å². The minimum atomic E-state index is -3.11. The molecule has 78 valence electrons. The van der Waals surface area contributed by atoms with Crippen molar-refractivity contribution in [2.24, 2.45) is 0 Å². The number of alkyl halides is 2. The highest BCUT2D eigenvalue weighted by Crippen LogP contribution is 2.29. The third-order valence-corrected chi connectivity index (χ3v) is 1.89. The molecule has 1 aromatic heterocycles. The average molecular weight is 233 g/mol. The minimum absolute atomic E-state index is 0.294. The van der Waals surface area contributed by atoms with Gasteiger partial charge in [0, 0.05) is 6.20 Å². The van der Waals surface area contributed by atoms with Crippen molar-refractivity contribution in [3.63, 3.8) is 0 Å². The van der Waals surface area contributed by atoms with Gasteiger partial charge in [0.1, 0.15) is 6.07 Å². The van der Waals surface area contributed by atoms with Gasteiger partial charge in [0.25, 0.3) is 6.43 Å². The smallest absolute Gasteiger partial charge is 0.355 e. The molecule has 0 bridgehead atoms. The van der Waals surface area contributed by atoms with Crippen LogP contribution in [-0.2, 0) is 0 Å². The van der Waals surface area contributed by atoms with E-state index in [0.717, 1.165) is 6.20 Å². The summed E-state index contributed by atoms with van der Waals surface area (Å²) in [6, 6.07) is 1.43. The normalized spacial score (nSPS) is 10.1. The van der Waals surface area contributed by atoms with Gasteiger partial charge in [-0.2, -0.15) is 5.26 Å². The van der Waals surface area contributed by atoms with Crippen LogP contribution in [0.1, 0.15) is 28.0 Å². The van der Waals surface area contributed by atoms with Crippen molar-refractivity contribution in [1.29, 1.82) is 5.26 Å². The molecule has 0 aliphatic rings. The zero-order valence-corrected chi connectivity index (χ0v) is 7.79. The molecule has 7 heteroatoms. The molecular formula is C8H3ClF2N2O2. The lowest BCUT2D eigenvalue weighted by atomic mass is 10.1. The molecule has 0 amide bonds. The van der Waals surface area contributed by atoms with Crippen LogP contribution in [0.3, 0.4) is 0 Å². The molecule has 0 unspecified atom stereocenters. The van der Waals surface area contributed by atoms with Crippen LogP contribution >= 0.6 is 11.6 Å². The molecule has 1 heterocycles. The molecule has 0 aromatic carbocycles. The first-order chi connectivity index (χ1) is 6.99. The maximum absolute atomic E-state index is 12.5. The number of carboxylic acids is 1. The summed E-state index contributed by atoms with van der Waals surface area (Å²) in [6.45, 7) is 0. The summed E-state index contributed by atoms with van der Waals surface area (Å²) < 4.78 is 25.0. The van der Waals surface area contributed by atoms with Crippen LogP contribution in [0.2, 0.25) is 5.02 Å². The molecule has 0 atom stereocenters. The fourth-order valence-corrected chi connectivity index (χ4v) is 1.19. The molecule has 0 saturated heterocycles. The summed E-state index contributed by atoms with van der Waals surface area (Å²) in [5.74, 6) is -1.63. The van der Waals surface area contributed by atoms with Crippen LogP contribution < -0.4 is 0 Å². The van der Waals surface area contributed by atoms with Gasteiger partial charge in [0.15, 0.2) is 5.69 Å². The Balaban J connectivity index is 3.58. The fraction of sp³-hybridized carbons (Fsp3) is 0.125. The van der Waals surface area contributed by atoms with Gasteiger partial charge in [-0.25, -0.2) is 18.6 Å². The Bertz CT molecular complexity index is 457. The summed E-state index contributed by atoms with van der Waals surface area (Å²) >= 11 is 5.44. The van der Waals surface area contributed by atoms with Gasteiger partial charge in [-0.15, -0.1) is 0 Å². The zero-order chi connectivity index (χ0) is 11.6. The van der Waals surface area contributed by atoms with Gasteiger partial charge >= 0.3 is 5.97 Å². The summed E-state index contributed by atoms with van der Waals surface area (Å²) in [6.07, 6.45) is -2.26. The molecule has 0 spiro atoms. The second kappa shape index (κ2) is 4.19. The van der Waals surface area contributed by atoms with Crippen molar-refractivity contribution >= 4 is 17.6 Å². The minimum Gasteiger partial charge on any atom is -0.476 e. The van der Waals surface area contributed by atoms with Crippen LogP contribution in [0.5, 0.6) is 0 Å². The molecular weight excluding hydrogens is 230 g/mol. The molecule has 0 radical (unpaired) electrons. The lowest BCUT2D eigenvalue weighted by Gasteiger charge is -2.06. The monoisotopic (exact) mass is 232 g/mol. The van der Waals surface area contributed by atoms with Crippen LogP contribution in [-0.4, -0.2) is 16.1 Å². The van der Waals surface area contributed by atoms with E-state index in [1.165, 1.54) is 6.07 Å². The molecule has 15 heavy (non-hydrogen) atoms. The molecule has 0 aliphatic heterocycles. The maximum Gasteiger partial charge on any atom is 0.355 e. The number of nitriles is 1. The summed E-state index contributed by atoms with van der Waals surface area (Å²) in [5.41, 5.74) is -2.36.